The molecule has 0 amide bonds. The molecule has 0 atom stereocenters. The van der Waals surface area contributed by atoms with Crippen molar-refractivity contribution in [2.75, 3.05) is 0 Å². The number of hydrogen-bond acceptors (Lipinski definition) is 3. The van der Waals surface area contributed by atoms with Crippen LogP contribution in [-0.4, -0.2) is 11.1 Å². The van der Waals surface area contributed by atoms with Gasteiger partial charge in [0.1, 0.15) is 12.4 Å². The minimum absolute atomic E-state index is 0.0465. The quantitative estimate of drug-likeness (QED) is 0.396. The van der Waals surface area contributed by atoms with Crippen molar-refractivity contribution in [2.24, 2.45) is 0 Å². The standard InChI is InChI=1S/C26H29F2NO2/c1-6-18-10-8-11-19(7-2)25(18)23-14-24(31-16(3)4)20(17(5)29-23)15-30-26-21(27)12-9-13-22(26)28/h8-14,16H,6-7,15H2,1-5H3. The van der Waals surface area contributed by atoms with Gasteiger partial charge in [-0.2, -0.15) is 0 Å². The molecule has 0 saturated carbocycles. The number of nitrogens with zero attached hydrogens (tertiary/aromatic N) is 1. The average Bonchev–Trinajstić information content (AvgIpc) is 2.73. The summed E-state index contributed by atoms with van der Waals surface area (Å²) in [6, 6.07) is 11.9. The Labute approximate surface area is 183 Å². The van der Waals surface area contributed by atoms with Gasteiger partial charge in [0.05, 0.1) is 17.4 Å². The third-order valence-electron chi connectivity index (χ3n) is 5.19. The first kappa shape index (κ1) is 22.7. The van der Waals surface area contributed by atoms with Gasteiger partial charge in [-0.25, -0.2) is 8.78 Å². The number of rotatable bonds is 8. The monoisotopic (exact) mass is 425 g/mol. The molecule has 0 aliphatic rings. The van der Waals surface area contributed by atoms with Crippen LogP contribution in [0.1, 0.15) is 50.1 Å². The van der Waals surface area contributed by atoms with Gasteiger partial charge in [0.2, 0.25) is 0 Å². The summed E-state index contributed by atoms with van der Waals surface area (Å²) in [7, 11) is 0. The van der Waals surface area contributed by atoms with E-state index in [-0.39, 0.29) is 12.7 Å². The number of para-hydroxylation sites is 1. The molecule has 0 saturated heterocycles. The minimum Gasteiger partial charge on any atom is -0.490 e. The molecule has 3 aromatic rings. The van der Waals surface area contributed by atoms with Gasteiger partial charge in [-0.3, -0.25) is 4.98 Å². The van der Waals surface area contributed by atoms with E-state index in [1.807, 2.05) is 26.8 Å². The Kier molecular flexibility index (Phi) is 7.26. The Morgan fingerprint density at radius 1 is 0.935 bits per heavy atom. The molecule has 0 aliphatic heterocycles. The first-order valence-electron chi connectivity index (χ1n) is 10.7. The SMILES string of the molecule is CCc1cccc(CC)c1-c1cc(OC(C)C)c(COc2c(F)cccc2F)c(C)n1. The fourth-order valence-corrected chi connectivity index (χ4v) is 3.67. The summed E-state index contributed by atoms with van der Waals surface area (Å²) in [6.45, 7) is 9.95. The number of pyridine rings is 1. The number of benzene rings is 2. The van der Waals surface area contributed by atoms with Crippen LogP contribution >= 0.6 is 0 Å². The van der Waals surface area contributed by atoms with Crippen molar-refractivity contribution in [3.63, 3.8) is 0 Å². The van der Waals surface area contributed by atoms with Crippen molar-refractivity contribution >= 4 is 0 Å². The van der Waals surface area contributed by atoms with Gasteiger partial charge in [-0.15, -0.1) is 0 Å². The molecule has 0 aliphatic carbocycles. The van der Waals surface area contributed by atoms with Crippen molar-refractivity contribution in [1.82, 2.24) is 4.98 Å². The highest BCUT2D eigenvalue weighted by molar-refractivity contribution is 5.70. The molecule has 0 fully saturated rings. The van der Waals surface area contributed by atoms with E-state index >= 15 is 0 Å². The van der Waals surface area contributed by atoms with Crippen LogP contribution in [0.2, 0.25) is 0 Å². The fourth-order valence-electron chi connectivity index (χ4n) is 3.67. The molecule has 0 bridgehead atoms. The van der Waals surface area contributed by atoms with Crippen molar-refractivity contribution in [3.8, 4) is 22.8 Å². The Balaban J connectivity index is 2.07. The Bertz CT molecular complexity index is 1020. The molecule has 0 radical (unpaired) electrons. The lowest BCUT2D eigenvalue weighted by Gasteiger charge is -2.20. The molecule has 3 rings (SSSR count). The Morgan fingerprint density at radius 3 is 2.06 bits per heavy atom. The molecule has 2 aromatic carbocycles. The third-order valence-corrected chi connectivity index (χ3v) is 5.19. The number of ether oxygens (including phenoxy) is 2. The van der Waals surface area contributed by atoms with Gasteiger partial charge in [-0.1, -0.05) is 38.1 Å². The Morgan fingerprint density at radius 2 is 1.52 bits per heavy atom. The molecular formula is C26H29F2NO2. The molecule has 3 nitrogen and oxygen atoms in total. The van der Waals surface area contributed by atoms with Crippen LogP contribution in [0.3, 0.4) is 0 Å². The maximum atomic E-state index is 14.0. The lowest BCUT2D eigenvalue weighted by molar-refractivity contribution is 0.225. The molecular weight excluding hydrogens is 396 g/mol. The summed E-state index contributed by atoms with van der Waals surface area (Å²) >= 11 is 0. The van der Waals surface area contributed by atoms with E-state index in [2.05, 4.69) is 32.0 Å². The first-order chi connectivity index (χ1) is 14.8. The maximum absolute atomic E-state index is 14.0. The van der Waals surface area contributed by atoms with Crippen LogP contribution < -0.4 is 9.47 Å². The molecule has 0 spiro atoms. The summed E-state index contributed by atoms with van der Waals surface area (Å²) in [5, 5.41) is 0. The summed E-state index contributed by atoms with van der Waals surface area (Å²) < 4.78 is 39.6. The van der Waals surface area contributed by atoms with Crippen molar-refractivity contribution in [2.45, 2.75) is 60.2 Å². The third kappa shape index (κ3) is 5.04. The average molecular weight is 426 g/mol. The molecule has 164 valence electrons. The highest BCUT2D eigenvalue weighted by atomic mass is 19.1. The smallest absolute Gasteiger partial charge is 0.191 e. The van der Waals surface area contributed by atoms with Gasteiger partial charge >= 0.3 is 0 Å². The van der Waals surface area contributed by atoms with Gasteiger partial charge in [0.25, 0.3) is 0 Å². The van der Waals surface area contributed by atoms with Gasteiger partial charge in [-0.05, 0) is 56.9 Å². The second-order valence-electron chi connectivity index (χ2n) is 7.73. The zero-order valence-electron chi connectivity index (χ0n) is 18.8. The van der Waals surface area contributed by atoms with Crippen molar-refractivity contribution < 1.29 is 18.3 Å². The highest BCUT2D eigenvalue weighted by Crippen LogP contribution is 2.34. The minimum atomic E-state index is -0.738. The van der Waals surface area contributed by atoms with E-state index in [4.69, 9.17) is 14.5 Å². The normalized spacial score (nSPS) is 11.1. The van der Waals surface area contributed by atoms with Crippen LogP contribution in [0, 0.1) is 18.6 Å². The topological polar surface area (TPSA) is 31.4 Å². The Hall–Kier alpha value is -2.95. The van der Waals surface area contributed by atoms with E-state index < -0.39 is 17.4 Å². The summed E-state index contributed by atoms with van der Waals surface area (Å²) in [5.41, 5.74) is 5.78. The van der Waals surface area contributed by atoms with Crippen LogP contribution in [0.5, 0.6) is 11.5 Å². The molecule has 5 heteroatoms. The summed E-state index contributed by atoms with van der Waals surface area (Å²) in [4.78, 5) is 4.84. The number of aromatic nitrogens is 1. The van der Waals surface area contributed by atoms with Crippen LogP contribution in [0.4, 0.5) is 8.78 Å². The molecule has 0 N–H and O–H groups in total. The van der Waals surface area contributed by atoms with E-state index in [1.54, 1.807) is 0 Å². The van der Waals surface area contributed by atoms with Gasteiger partial charge in [0.15, 0.2) is 17.4 Å². The molecule has 31 heavy (non-hydrogen) atoms. The lowest BCUT2D eigenvalue weighted by atomic mass is 9.94. The zero-order chi connectivity index (χ0) is 22.5. The van der Waals surface area contributed by atoms with Gasteiger partial charge < -0.3 is 9.47 Å². The van der Waals surface area contributed by atoms with Crippen LogP contribution in [-0.2, 0) is 19.4 Å². The predicted octanol–water partition coefficient (Wildman–Crippen LogP) is 6.83. The summed E-state index contributed by atoms with van der Waals surface area (Å²) in [5.74, 6) is -1.26. The van der Waals surface area contributed by atoms with E-state index in [0.717, 1.165) is 24.1 Å². The number of halogens is 2. The van der Waals surface area contributed by atoms with Crippen molar-refractivity contribution in [1.29, 1.82) is 0 Å². The molecule has 1 heterocycles. The highest BCUT2D eigenvalue weighted by Gasteiger charge is 2.19. The van der Waals surface area contributed by atoms with Gasteiger partial charge in [0, 0.05) is 17.3 Å². The lowest BCUT2D eigenvalue weighted by Crippen LogP contribution is -2.12. The van der Waals surface area contributed by atoms with E-state index in [0.29, 0.717) is 17.0 Å². The second-order valence-corrected chi connectivity index (χ2v) is 7.73. The van der Waals surface area contributed by atoms with Crippen LogP contribution in [0.25, 0.3) is 11.3 Å². The zero-order valence-corrected chi connectivity index (χ0v) is 18.8. The van der Waals surface area contributed by atoms with Crippen LogP contribution in [0.15, 0.2) is 42.5 Å². The first-order valence-corrected chi connectivity index (χ1v) is 10.7. The predicted molar refractivity (Wildman–Crippen MR) is 120 cm³/mol. The largest absolute Gasteiger partial charge is 0.490 e. The second kappa shape index (κ2) is 9.90. The molecule has 1 aromatic heterocycles. The molecule has 0 unspecified atom stereocenters. The number of hydrogen-bond donors (Lipinski definition) is 0. The van der Waals surface area contributed by atoms with Crippen molar-refractivity contribution in [3.05, 3.63) is 76.5 Å². The number of aryl methyl sites for hydroxylation is 3. The van der Waals surface area contributed by atoms with E-state index in [9.17, 15) is 8.78 Å². The maximum Gasteiger partial charge on any atom is 0.191 e. The fraction of sp³-hybridized carbons (Fsp3) is 0.346. The summed E-state index contributed by atoms with van der Waals surface area (Å²) in [6.07, 6.45) is 1.70. The van der Waals surface area contributed by atoms with E-state index in [1.165, 1.54) is 29.3 Å².